The van der Waals surface area contributed by atoms with Crippen molar-refractivity contribution in [3.05, 3.63) is 11.8 Å². The zero-order valence-corrected chi connectivity index (χ0v) is 17.2. The van der Waals surface area contributed by atoms with Crippen LogP contribution in [-0.2, 0) is 16.6 Å². The van der Waals surface area contributed by atoms with Gasteiger partial charge in [-0.25, -0.2) is 0 Å². The number of nitrogens with two attached hydrogens (primary N) is 1. The van der Waals surface area contributed by atoms with Crippen molar-refractivity contribution in [1.82, 2.24) is 9.78 Å². The average molecular weight is 385 g/mol. The van der Waals surface area contributed by atoms with Gasteiger partial charge in [0.2, 0.25) is 5.91 Å². The van der Waals surface area contributed by atoms with Gasteiger partial charge in [0.05, 0.1) is 11.8 Å². The molecule has 2 saturated carbocycles. The highest BCUT2D eigenvalue weighted by atomic mass is 35.5. The molecule has 26 heavy (non-hydrogen) atoms. The third-order valence-corrected chi connectivity index (χ3v) is 6.40. The number of nitrogens with one attached hydrogen (secondary N) is 1. The second kappa shape index (κ2) is 7.87. The molecular weight excluding hydrogens is 352 g/mol. The van der Waals surface area contributed by atoms with Crippen LogP contribution >= 0.6 is 12.4 Å². The Morgan fingerprint density at radius 3 is 2.62 bits per heavy atom. The van der Waals surface area contributed by atoms with E-state index in [0.29, 0.717) is 18.9 Å². The summed E-state index contributed by atoms with van der Waals surface area (Å²) in [5.74, 6) is 1.10. The molecule has 0 bridgehead atoms. The van der Waals surface area contributed by atoms with Gasteiger partial charge in [0.25, 0.3) is 0 Å². The number of hydrogen-bond acceptors (Lipinski definition) is 4. The molecule has 1 aromatic rings. The van der Waals surface area contributed by atoms with Crippen LogP contribution in [0.1, 0.15) is 70.9 Å². The van der Waals surface area contributed by atoms with Crippen molar-refractivity contribution in [2.24, 2.45) is 18.2 Å². The number of carbonyl (C=O) groups excluding carboxylic acids is 1. The Labute approximate surface area is 162 Å². The summed E-state index contributed by atoms with van der Waals surface area (Å²) in [4.78, 5) is 12.9. The molecular formula is C19H33ClN4O2. The van der Waals surface area contributed by atoms with Gasteiger partial charge >= 0.3 is 0 Å². The van der Waals surface area contributed by atoms with Crippen LogP contribution in [0.5, 0.6) is 0 Å². The Bertz CT molecular complexity index is 639. The molecule has 0 aliphatic heterocycles. The summed E-state index contributed by atoms with van der Waals surface area (Å²) in [5.41, 5.74) is 6.25. The summed E-state index contributed by atoms with van der Waals surface area (Å²) in [6, 6.07) is 2.02. The van der Waals surface area contributed by atoms with Crippen molar-refractivity contribution in [2.45, 2.75) is 76.9 Å². The van der Waals surface area contributed by atoms with E-state index in [9.17, 15) is 4.79 Å². The molecule has 0 radical (unpaired) electrons. The lowest BCUT2D eigenvalue weighted by Crippen LogP contribution is -2.74. The first-order chi connectivity index (χ1) is 11.8. The maximum absolute atomic E-state index is 12.9. The summed E-state index contributed by atoms with van der Waals surface area (Å²) in [6.45, 7) is 6.62. The number of halogens is 1. The maximum Gasteiger partial charge on any atom is 0.246 e. The van der Waals surface area contributed by atoms with Crippen LogP contribution in [0.4, 0.5) is 5.82 Å². The van der Waals surface area contributed by atoms with Crippen molar-refractivity contribution in [1.29, 1.82) is 0 Å². The Morgan fingerprint density at radius 1 is 1.38 bits per heavy atom. The Kier molecular flexibility index (Phi) is 6.41. The molecule has 2 aliphatic rings. The van der Waals surface area contributed by atoms with E-state index in [1.54, 1.807) is 4.68 Å². The molecule has 2 atom stereocenters. The lowest BCUT2D eigenvalue weighted by Gasteiger charge is -2.57. The number of ether oxygens (including phenoxy) is 1. The lowest BCUT2D eigenvalue weighted by atomic mass is 9.54. The van der Waals surface area contributed by atoms with Crippen LogP contribution in [0.3, 0.4) is 0 Å². The van der Waals surface area contributed by atoms with E-state index in [4.69, 9.17) is 10.5 Å². The molecule has 0 saturated heterocycles. The molecule has 3 rings (SSSR count). The number of aryl methyl sites for hydroxylation is 1. The van der Waals surface area contributed by atoms with Gasteiger partial charge in [-0.05, 0) is 19.8 Å². The van der Waals surface area contributed by atoms with E-state index in [-0.39, 0.29) is 24.4 Å². The van der Waals surface area contributed by atoms with Gasteiger partial charge in [-0.15, -0.1) is 12.4 Å². The first kappa shape index (κ1) is 21.2. The minimum atomic E-state index is -0.915. The molecule has 1 heterocycles. The van der Waals surface area contributed by atoms with Gasteiger partial charge in [-0.3, -0.25) is 9.48 Å². The molecule has 2 aliphatic carbocycles. The van der Waals surface area contributed by atoms with Crippen LogP contribution in [0.15, 0.2) is 6.07 Å². The normalized spacial score (nSPS) is 28.1. The summed E-state index contributed by atoms with van der Waals surface area (Å²) in [5, 5.41) is 7.64. The van der Waals surface area contributed by atoms with Crippen molar-refractivity contribution >= 4 is 24.1 Å². The Morgan fingerprint density at radius 2 is 2.04 bits per heavy atom. The Hall–Kier alpha value is -1.11. The lowest BCUT2D eigenvalue weighted by molar-refractivity contribution is -0.166. The van der Waals surface area contributed by atoms with Gasteiger partial charge in [0.1, 0.15) is 11.4 Å². The van der Waals surface area contributed by atoms with E-state index in [1.807, 2.05) is 33.9 Å². The zero-order valence-electron chi connectivity index (χ0n) is 16.4. The summed E-state index contributed by atoms with van der Waals surface area (Å²) in [7, 11) is 1.88. The second-order valence-electron chi connectivity index (χ2n) is 8.21. The van der Waals surface area contributed by atoms with Gasteiger partial charge < -0.3 is 15.8 Å². The first-order valence-electron chi connectivity index (χ1n) is 9.55. The van der Waals surface area contributed by atoms with Gasteiger partial charge in [0, 0.05) is 37.5 Å². The molecule has 2 unspecified atom stereocenters. The third kappa shape index (κ3) is 3.51. The standard InChI is InChI=1S/C19H32N4O2.ClH/c1-5-25-15-12-19(20,18(15,2)3)17(24)21-16-11-14(22-23(16)4)13-9-7-6-8-10-13;/h11,13,15H,5-10,12,20H2,1-4H3,(H,21,24);1H. The number of hydrogen-bond donors (Lipinski definition) is 2. The number of amides is 1. The predicted octanol–water partition coefficient (Wildman–Crippen LogP) is 3.36. The van der Waals surface area contributed by atoms with Crippen molar-refractivity contribution in [3.8, 4) is 0 Å². The smallest absolute Gasteiger partial charge is 0.246 e. The van der Waals surface area contributed by atoms with Crippen LogP contribution in [0, 0.1) is 5.41 Å². The largest absolute Gasteiger partial charge is 0.378 e. The van der Waals surface area contributed by atoms with E-state index < -0.39 is 11.0 Å². The average Bonchev–Trinajstić information content (AvgIpc) is 2.96. The quantitative estimate of drug-likeness (QED) is 0.815. The number of anilines is 1. The Balaban J connectivity index is 0.00000243. The monoisotopic (exact) mass is 384 g/mol. The summed E-state index contributed by atoms with van der Waals surface area (Å²) >= 11 is 0. The van der Waals surface area contributed by atoms with Crippen LogP contribution < -0.4 is 11.1 Å². The topological polar surface area (TPSA) is 82.2 Å². The predicted molar refractivity (Wildman–Crippen MR) is 106 cm³/mol. The molecule has 148 valence electrons. The van der Waals surface area contributed by atoms with Crippen LogP contribution in [0.2, 0.25) is 0 Å². The van der Waals surface area contributed by atoms with E-state index in [2.05, 4.69) is 10.4 Å². The minimum Gasteiger partial charge on any atom is -0.378 e. The SMILES string of the molecule is CCOC1CC(N)(C(=O)Nc2cc(C3CCCCC3)nn2C)C1(C)C.Cl. The second-order valence-corrected chi connectivity index (χ2v) is 8.21. The molecule has 6 nitrogen and oxygen atoms in total. The van der Waals surface area contributed by atoms with Crippen molar-refractivity contribution in [2.75, 3.05) is 11.9 Å². The molecule has 0 spiro atoms. The van der Waals surface area contributed by atoms with E-state index >= 15 is 0 Å². The molecule has 0 aromatic carbocycles. The van der Waals surface area contributed by atoms with Gasteiger partial charge in [-0.2, -0.15) is 5.10 Å². The summed E-state index contributed by atoms with van der Waals surface area (Å²) in [6.07, 6.45) is 6.80. The number of nitrogens with zero attached hydrogens (tertiary/aromatic N) is 2. The molecule has 3 N–H and O–H groups in total. The molecule has 1 aromatic heterocycles. The number of aromatic nitrogens is 2. The molecule has 2 fully saturated rings. The number of rotatable bonds is 5. The number of carbonyl (C=O) groups is 1. The van der Waals surface area contributed by atoms with Gasteiger partial charge in [-0.1, -0.05) is 33.1 Å². The first-order valence-corrected chi connectivity index (χ1v) is 9.55. The highest BCUT2D eigenvalue weighted by Gasteiger charge is 2.63. The van der Waals surface area contributed by atoms with E-state index in [0.717, 1.165) is 11.5 Å². The maximum atomic E-state index is 12.9. The molecule has 1 amide bonds. The molecule has 7 heteroatoms. The van der Waals surface area contributed by atoms with Gasteiger partial charge in [0.15, 0.2) is 0 Å². The van der Waals surface area contributed by atoms with Crippen molar-refractivity contribution in [3.63, 3.8) is 0 Å². The van der Waals surface area contributed by atoms with Crippen molar-refractivity contribution < 1.29 is 9.53 Å². The third-order valence-electron chi connectivity index (χ3n) is 6.40. The summed E-state index contributed by atoms with van der Waals surface area (Å²) < 4.78 is 7.48. The van der Waals surface area contributed by atoms with E-state index in [1.165, 1.54) is 32.1 Å². The van der Waals surface area contributed by atoms with Crippen LogP contribution in [-0.4, -0.2) is 33.9 Å². The highest BCUT2D eigenvalue weighted by Crippen LogP contribution is 2.50. The zero-order chi connectivity index (χ0) is 18.2. The van der Waals surface area contributed by atoms with Crippen LogP contribution in [0.25, 0.3) is 0 Å². The fourth-order valence-corrected chi connectivity index (χ4v) is 4.25. The minimum absolute atomic E-state index is 0. The highest BCUT2D eigenvalue weighted by molar-refractivity contribution is 5.99. The fraction of sp³-hybridized carbons (Fsp3) is 0.789. The fourth-order valence-electron chi connectivity index (χ4n) is 4.25.